The number of benzene rings is 2. The Hall–Kier alpha value is -3.96. The van der Waals surface area contributed by atoms with Gasteiger partial charge in [-0.2, -0.15) is 0 Å². The summed E-state index contributed by atoms with van der Waals surface area (Å²) in [4.78, 5) is 48.9. The summed E-state index contributed by atoms with van der Waals surface area (Å²) in [7, 11) is 0. The van der Waals surface area contributed by atoms with Crippen LogP contribution in [0.1, 0.15) is 51.7 Å². The van der Waals surface area contributed by atoms with Crippen molar-refractivity contribution in [3.05, 3.63) is 53.6 Å². The topological polar surface area (TPSA) is 211 Å². The highest BCUT2D eigenvalue weighted by Gasteiger charge is 2.28. The number of phenols is 1. The molecule has 0 aromatic heterocycles. The minimum atomic E-state index is -1.09. The van der Waals surface area contributed by atoms with Crippen LogP contribution in [0.3, 0.4) is 0 Å². The second-order valence-electron chi connectivity index (χ2n) is 11.3. The molecule has 0 heterocycles. The average molecular weight is 570 g/mol. The normalized spacial score (nSPS) is 14.2. The molecule has 0 saturated heterocycles. The largest absolute Gasteiger partial charge is 0.507 e. The molecule has 11 heteroatoms. The van der Waals surface area contributed by atoms with E-state index < -0.39 is 47.9 Å². The summed E-state index contributed by atoms with van der Waals surface area (Å²) < 4.78 is 0. The predicted molar refractivity (Wildman–Crippen MR) is 157 cm³/mol. The fourth-order valence-electron chi connectivity index (χ4n) is 4.42. The van der Waals surface area contributed by atoms with Crippen LogP contribution < -0.4 is 27.8 Å². The maximum atomic E-state index is 13.0. The van der Waals surface area contributed by atoms with Gasteiger partial charge in [0.15, 0.2) is 0 Å². The number of carbonyl (C=O) groups excluding carboxylic acids is 3. The fraction of sp³-hybridized carbons (Fsp3) is 0.467. The average Bonchev–Trinajstić information content (AvgIpc) is 2.88. The second kappa shape index (κ2) is 15.2. The van der Waals surface area contributed by atoms with E-state index in [0.717, 1.165) is 5.56 Å². The Kier molecular flexibility index (Phi) is 12.3. The number of primary amides is 1. The van der Waals surface area contributed by atoms with E-state index in [1.807, 2.05) is 27.7 Å². The van der Waals surface area contributed by atoms with Gasteiger partial charge in [0.25, 0.3) is 0 Å². The van der Waals surface area contributed by atoms with Crippen LogP contribution in [-0.2, 0) is 32.0 Å². The first-order chi connectivity index (χ1) is 19.2. The Labute approximate surface area is 240 Å². The summed E-state index contributed by atoms with van der Waals surface area (Å²) in [5.74, 6) is -2.52. The van der Waals surface area contributed by atoms with Gasteiger partial charge in [0.1, 0.15) is 23.9 Å². The van der Waals surface area contributed by atoms with E-state index >= 15 is 0 Å². The van der Waals surface area contributed by atoms with E-state index in [2.05, 4.69) is 10.6 Å². The molecule has 0 spiro atoms. The molecule has 10 N–H and O–H groups in total. The third-order valence-corrected chi connectivity index (χ3v) is 6.60. The molecule has 3 amide bonds. The molecular weight excluding hydrogens is 526 g/mol. The minimum absolute atomic E-state index is 0.0285. The van der Waals surface area contributed by atoms with Crippen molar-refractivity contribution in [2.75, 3.05) is 0 Å². The van der Waals surface area contributed by atoms with Crippen LogP contribution in [0.5, 0.6) is 5.75 Å². The van der Waals surface area contributed by atoms with E-state index in [0.29, 0.717) is 29.5 Å². The van der Waals surface area contributed by atoms with Crippen molar-refractivity contribution in [3.8, 4) is 16.9 Å². The summed E-state index contributed by atoms with van der Waals surface area (Å²) >= 11 is 0. The lowest BCUT2D eigenvalue weighted by Crippen LogP contribution is -2.56. The molecule has 0 bridgehead atoms. The number of carbonyl (C=O) groups is 4. The number of hydrogen-bond acceptors (Lipinski definition) is 7. The Balaban J connectivity index is 2.13. The van der Waals surface area contributed by atoms with Crippen LogP contribution in [0, 0.1) is 11.8 Å². The first kappa shape index (κ1) is 33.2. The van der Waals surface area contributed by atoms with Crippen molar-refractivity contribution in [2.45, 2.75) is 77.5 Å². The van der Waals surface area contributed by atoms with Crippen molar-refractivity contribution in [2.24, 2.45) is 29.0 Å². The number of aromatic hydroxyl groups is 1. The van der Waals surface area contributed by atoms with Crippen LogP contribution >= 0.6 is 0 Å². The molecule has 0 saturated carbocycles. The molecule has 0 aliphatic rings. The van der Waals surface area contributed by atoms with Crippen LogP contribution in [0.2, 0.25) is 0 Å². The van der Waals surface area contributed by atoms with Crippen molar-refractivity contribution < 1.29 is 29.4 Å². The van der Waals surface area contributed by atoms with Gasteiger partial charge < -0.3 is 38.0 Å². The van der Waals surface area contributed by atoms with Crippen LogP contribution in [0.15, 0.2) is 42.5 Å². The first-order valence-corrected chi connectivity index (χ1v) is 13.7. The molecule has 11 nitrogen and oxygen atoms in total. The molecule has 0 unspecified atom stereocenters. The lowest BCUT2D eigenvalue weighted by molar-refractivity contribution is -0.138. The Morgan fingerprint density at radius 2 is 1.27 bits per heavy atom. The van der Waals surface area contributed by atoms with E-state index in [-0.39, 0.29) is 30.4 Å². The van der Waals surface area contributed by atoms with Gasteiger partial charge >= 0.3 is 5.97 Å². The monoisotopic (exact) mass is 569 g/mol. The highest BCUT2D eigenvalue weighted by molar-refractivity contribution is 5.92. The van der Waals surface area contributed by atoms with Gasteiger partial charge in [-0.05, 0) is 66.3 Å². The molecule has 4 atom stereocenters. The predicted octanol–water partition coefficient (Wildman–Crippen LogP) is 1.43. The van der Waals surface area contributed by atoms with Gasteiger partial charge in [0.05, 0.1) is 6.04 Å². The fourth-order valence-corrected chi connectivity index (χ4v) is 4.42. The summed E-state index contributed by atoms with van der Waals surface area (Å²) in [6.07, 6.45) is 1.03. The minimum Gasteiger partial charge on any atom is -0.507 e. The standard InChI is InChI=1S/C30H43N5O6/c1-16(2)11-24(27(33)37)34-29(39)25(12-17(3)4)35-28(38)22(31)15-19-7-10-26(36)21(13-19)20-8-5-18(6-9-20)14-23(32)30(40)41/h5-10,13,16-17,22-25,36H,11-12,14-15,31-32H2,1-4H3,(H2,33,37)(H,34,39)(H,35,38)(H,40,41)/t22-,23-,24-,25-/m0/s1. The Morgan fingerprint density at radius 1 is 0.756 bits per heavy atom. The zero-order valence-corrected chi connectivity index (χ0v) is 24.1. The number of amides is 3. The van der Waals surface area contributed by atoms with Crippen LogP contribution in [0.25, 0.3) is 11.1 Å². The van der Waals surface area contributed by atoms with E-state index in [9.17, 15) is 24.3 Å². The Morgan fingerprint density at radius 3 is 1.80 bits per heavy atom. The molecule has 224 valence electrons. The van der Waals surface area contributed by atoms with E-state index in [1.165, 1.54) is 6.07 Å². The number of phenolic OH excluding ortho intramolecular Hbond substituents is 1. The van der Waals surface area contributed by atoms with Crippen molar-refractivity contribution in [3.63, 3.8) is 0 Å². The number of rotatable bonds is 15. The number of carboxylic acid groups (broad SMARTS) is 1. The van der Waals surface area contributed by atoms with E-state index in [1.54, 1.807) is 36.4 Å². The van der Waals surface area contributed by atoms with Crippen molar-refractivity contribution in [1.29, 1.82) is 0 Å². The van der Waals surface area contributed by atoms with Gasteiger partial charge in [-0.25, -0.2) is 0 Å². The maximum absolute atomic E-state index is 13.0. The highest BCUT2D eigenvalue weighted by Crippen LogP contribution is 2.30. The van der Waals surface area contributed by atoms with Crippen molar-refractivity contribution >= 4 is 23.7 Å². The molecule has 2 aromatic carbocycles. The number of aliphatic carboxylic acids is 1. The SMILES string of the molecule is CC(C)C[C@H](NC(=O)[C@H](CC(C)C)NC(=O)[C@@H](N)Cc1ccc(O)c(-c2ccc(C[C@H](N)C(=O)O)cc2)c1)C(N)=O. The van der Waals surface area contributed by atoms with Gasteiger partial charge in [0.2, 0.25) is 17.7 Å². The smallest absolute Gasteiger partial charge is 0.320 e. The van der Waals surface area contributed by atoms with Gasteiger partial charge in [-0.1, -0.05) is 58.0 Å². The molecule has 2 rings (SSSR count). The molecule has 0 fully saturated rings. The first-order valence-electron chi connectivity index (χ1n) is 13.7. The van der Waals surface area contributed by atoms with Crippen molar-refractivity contribution in [1.82, 2.24) is 10.6 Å². The molecule has 0 radical (unpaired) electrons. The van der Waals surface area contributed by atoms with Gasteiger partial charge in [-0.3, -0.25) is 19.2 Å². The number of hydrogen-bond donors (Lipinski definition) is 7. The quantitative estimate of drug-likeness (QED) is 0.166. The second-order valence-corrected chi connectivity index (χ2v) is 11.3. The third-order valence-electron chi connectivity index (χ3n) is 6.60. The number of nitrogens with one attached hydrogen (secondary N) is 2. The van der Waals surface area contributed by atoms with Crippen LogP contribution in [-0.4, -0.2) is 58.1 Å². The molecule has 0 aliphatic heterocycles. The summed E-state index contributed by atoms with van der Waals surface area (Å²) in [5.41, 5.74) is 19.9. The maximum Gasteiger partial charge on any atom is 0.320 e. The highest BCUT2D eigenvalue weighted by atomic mass is 16.4. The van der Waals surface area contributed by atoms with Crippen LogP contribution in [0.4, 0.5) is 0 Å². The Bertz CT molecular complexity index is 1210. The van der Waals surface area contributed by atoms with Gasteiger partial charge in [-0.15, -0.1) is 0 Å². The third kappa shape index (κ3) is 10.5. The summed E-state index contributed by atoms with van der Waals surface area (Å²) in [6, 6.07) is 8.14. The lowest BCUT2D eigenvalue weighted by atomic mass is 9.96. The summed E-state index contributed by atoms with van der Waals surface area (Å²) in [6.45, 7) is 7.65. The molecule has 2 aromatic rings. The molecule has 0 aliphatic carbocycles. The zero-order valence-electron chi connectivity index (χ0n) is 24.1. The van der Waals surface area contributed by atoms with E-state index in [4.69, 9.17) is 22.3 Å². The molecule has 41 heavy (non-hydrogen) atoms. The van der Waals surface area contributed by atoms with Gasteiger partial charge in [0, 0.05) is 5.56 Å². The summed E-state index contributed by atoms with van der Waals surface area (Å²) in [5, 5.41) is 24.9. The zero-order chi connectivity index (χ0) is 30.9. The number of carboxylic acids is 1. The number of nitrogens with two attached hydrogens (primary N) is 3. The molecular formula is C30H43N5O6. The lowest BCUT2D eigenvalue weighted by Gasteiger charge is -2.25.